The summed E-state index contributed by atoms with van der Waals surface area (Å²) in [4.78, 5) is 24.8. The highest BCUT2D eigenvalue weighted by molar-refractivity contribution is 9.10. The van der Waals surface area contributed by atoms with E-state index in [2.05, 4.69) is 21.2 Å². The zero-order valence-electron chi connectivity index (χ0n) is 15.4. The maximum Gasteiger partial charge on any atom is 0.408 e. The summed E-state index contributed by atoms with van der Waals surface area (Å²) >= 11 is 3.37. The molecule has 2 amide bonds. The topological polar surface area (TPSA) is 84.7 Å². The van der Waals surface area contributed by atoms with Crippen molar-refractivity contribution in [1.82, 2.24) is 10.3 Å². The molecule has 0 aliphatic carbocycles. The Bertz CT molecular complexity index is 751. The van der Waals surface area contributed by atoms with Gasteiger partial charge in [0.2, 0.25) is 0 Å². The molecule has 3 N–H and O–H groups in total. The van der Waals surface area contributed by atoms with Crippen molar-refractivity contribution in [2.24, 2.45) is 11.8 Å². The van der Waals surface area contributed by atoms with Gasteiger partial charge >= 0.3 is 6.09 Å². The Balaban J connectivity index is 1.93. The summed E-state index contributed by atoms with van der Waals surface area (Å²) in [7, 11) is 0. The number of ether oxygens (including phenoxy) is 1. The Hall–Kier alpha value is -2.38. The van der Waals surface area contributed by atoms with E-state index in [1.54, 1.807) is 0 Å². The number of benzene rings is 2. The van der Waals surface area contributed by atoms with E-state index in [0.29, 0.717) is 0 Å². The SMILES string of the molecule is CC(C)[C@H](NC(=O)OCc1ccccc1)C(=O)N(N)Cc1ccc(Br)cc1. The van der Waals surface area contributed by atoms with Crippen LogP contribution in [0.1, 0.15) is 25.0 Å². The van der Waals surface area contributed by atoms with Gasteiger partial charge in [0.05, 0.1) is 6.54 Å². The van der Waals surface area contributed by atoms with E-state index in [9.17, 15) is 9.59 Å². The van der Waals surface area contributed by atoms with Crippen LogP contribution in [-0.2, 0) is 22.7 Å². The van der Waals surface area contributed by atoms with Gasteiger partial charge in [0.1, 0.15) is 12.6 Å². The third-order valence-corrected chi connectivity index (χ3v) is 4.50. The molecule has 6 nitrogen and oxygen atoms in total. The minimum absolute atomic E-state index is 0.136. The monoisotopic (exact) mass is 433 g/mol. The zero-order valence-corrected chi connectivity index (χ0v) is 17.0. The summed E-state index contributed by atoms with van der Waals surface area (Å²) in [5.41, 5.74) is 1.76. The number of nitrogens with two attached hydrogens (primary N) is 1. The molecule has 0 radical (unpaired) electrons. The van der Waals surface area contributed by atoms with Gasteiger partial charge in [-0.3, -0.25) is 9.80 Å². The fraction of sp³-hybridized carbons (Fsp3) is 0.300. The molecule has 0 spiro atoms. The van der Waals surface area contributed by atoms with E-state index in [1.165, 1.54) is 0 Å². The van der Waals surface area contributed by atoms with Crippen molar-refractivity contribution in [1.29, 1.82) is 0 Å². The third-order valence-electron chi connectivity index (χ3n) is 3.97. The lowest BCUT2D eigenvalue weighted by Crippen LogP contribution is -2.53. The smallest absolute Gasteiger partial charge is 0.408 e. The zero-order chi connectivity index (χ0) is 19.8. The number of hydrogen-bond donors (Lipinski definition) is 2. The quantitative estimate of drug-likeness (QED) is 0.396. The fourth-order valence-corrected chi connectivity index (χ4v) is 2.71. The fourth-order valence-electron chi connectivity index (χ4n) is 2.45. The first-order valence-electron chi connectivity index (χ1n) is 8.64. The molecule has 0 fully saturated rings. The Morgan fingerprint density at radius 1 is 1.07 bits per heavy atom. The molecule has 0 bridgehead atoms. The molecule has 7 heteroatoms. The average molecular weight is 434 g/mol. The number of rotatable bonds is 7. The van der Waals surface area contributed by atoms with E-state index in [4.69, 9.17) is 10.6 Å². The van der Waals surface area contributed by atoms with Gasteiger partial charge in [-0.15, -0.1) is 0 Å². The number of carbonyl (C=O) groups is 2. The van der Waals surface area contributed by atoms with E-state index >= 15 is 0 Å². The number of hydrogen-bond acceptors (Lipinski definition) is 4. The summed E-state index contributed by atoms with van der Waals surface area (Å²) < 4.78 is 6.15. The second kappa shape index (κ2) is 10.1. The van der Waals surface area contributed by atoms with Gasteiger partial charge in [0.15, 0.2) is 0 Å². The second-order valence-corrected chi connectivity index (χ2v) is 7.44. The van der Waals surface area contributed by atoms with Crippen molar-refractivity contribution in [3.63, 3.8) is 0 Å². The minimum atomic E-state index is -0.770. The highest BCUT2D eigenvalue weighted by atomic mass is 79.9. The van der Waals surface area contributed by atoms with Crippen LogP contribution < -0.4 is 11.2 Å². The summed E-state index contributed by atoms with van der Waals surface area (Å²) in [6, 6.07) is 16.1. The number of amides is 2. The third kappa shape index (κ3) is 6.69. The van der Waals surface area contributed by atoms with Crippen LogP contribution in [0.15, 0.2) is 59.1 Å². The number of halogens is 1. The molecule has 0 aliphatic heterocycles. The summed E-state index contributed by atoms with van der Waals surface area (Å²) in [6.45, 7) is 4.06. The van der Waals surface area contributed by atoms with Gasteiger partial charge in [-0.2, -0.15) is 0 Å². The molecule has 2 aromatic carbocycles. The first kappa shape index (κ1) is 20.9. The molecule has 27 heavy (non-hydrogen) atoms. The molecule has 0 unspecified atom stereocenters. The minimum Gasteiger partial charge on any atom is -0.445 e. The molecule has 0 aliphatic rings. The van der Waals surface area contributed by atoms with Crippen LogP contribution in [0, 0.1) is 5.92 Å². The van der Waals surface area contributed by atoms with Crippen molar-refractivity contribution in [2.75, 3.05) is 0 Å². The summed E-state index contributed by atoms with van der Waals surface area (Å²) in [6.07, 6.45) is -0.650. The molecule has 0 aromatic heterocycles. The van der Waals surface area contributed by atoms with Gasteiger partial charge in [-0.05, 0) is 29.2 Å². The molecule has 144 valence electrons. The molecule has 1 atom stereocenters. The number of alkyl carbamates (subject to hydrolysis) is 1. The lowest BCUT2D eigenvalue weighted by atomic mass is 10.0. The number of hydrazine groups is 1. The predicted molar refractivity (Wildman–Crippen MR) is 107 cm³/mol. The average Bonchev–Trinajstić information content (AvgIpc) is 2.66. The molecule has 2 rings (SSSR count). The molecular weight excluding hydrogens is 410 g/mol. The van der Waals surface area contributed by atoms with Crippen LogP contribution in [0.4, 0.5) is 4.79 Å². The lowest BCUT2D eigenvalue weighted by Gasteiger charge is -2.26. The van der Waals surface area contributed by atoms with Crippen molar-refractivity contribution in [3.8, 4) is 0 Å². The van der Waals surface area contributed by atoms with Crippen molar-refractivity contribution < 1.29 is 14.3 Å². The van der Waals surface area contributed by atoms with E-state index < -0.39 is 12.1 Å². The highest BCUT2D eigenvalue weighted by Gasteiger charge is 2.28. The molecule has 0 heterocycles. The highest BCUT2D eigenvalue weighted by Crippen LogP contribution is 2.13. The summed E-state index contributed by atoms with van der Waals surface area (Å²) in [5, 5.41) is 3.74. The van der Waals surface area contributed by atoms with Crippen LogP contribution in [0.3, 0.4) is 0 Å². The predicted octanol–water partition coefficient (Wildman–Crippen LogP) is 3.60. The number of carbonyl (C=O) groups excluding carboxylic acids is 2. The molecule has 0 saturated heterocycles. The van der Waals surface area contributed by atoms with Crippen LogP contribution in [0.2, 0.25) is 0 Å². The maximum atomic E-state index is 12.7. The van der Waals surface area contributed by atoms with Crippen molar-refractivity contribution in [3.05, 3.63) is 70.2 Å². The number of nitrogens with one attached hydrogen (secondary N) is 1. The van der Waals surface area contributed by atoms with Gasteiger partial charge in [-0.1, -0.05) is 72.2 Å². The van der Waals surface area contributed by atoms with Crippen molar-refractivity contribution >= 4 is 27.9 Å². The van der Waals surface area contributed by atoms with Crippen LogP contribution in [0.25, 0.3) is 0 Å². The Morgan fingerprint density at radius 2 is 1.70 bits per heavy atom. The van der Waals surface area contributed by atoms with E-state index in [1.807, 2.05) is 68.4 Å². The van der Waals surface area contributed by atoms with Gasteiger partial charge < -0.3 is 10.1 Å². The summed E-state index contributed by atoms with van der Waals surface area (Å²) in [5.74, 6) is 5.43. The van der Waals surface area contributed by atoms with Crippen LogP contribution >= 0.6 is 15.9 Å². The van der Waals surface area contributed by atoms with Gasteiger partial charge in [0, 0.05) is 4.47 Å². The standard InChI is InChI=1S/C20H24BrN3O3/c1-14(2)18(23-20(26)27-13-16-6-4-3-5-7-16)19(25)24(22)12-15-8-10-17(21)11-9-15/h3-11,14,18H,12-13,22H2,1-2H3,(H,23,26)/t18-/m0/s1. The molecular formula is C20H24BrN3O3. The lowest BCUT2D eigenvalue weighted by molar-refractivity contribution is -0.135. The van der Waals surface area contributed by atoms with Crippen molar-refractivity contribution in [2.45, 2.75) is 33.0 Å². The van der Waals surface area contributed by atoms with Crippen LogP contribution in [-0.4, -0.2) is 23.1 Å². The van der Waals surface area contributed by atoms with Gasteiger partial charge in [0.25, 0.3) is 5.91 Å². The Morgan fingerprint density at radius 3 is 2.30 bits per heavy atom. The Labute approximate surface area is 167 Å². The maximum absolute atomic E-state index is 12.7. The second-order valence-electron chi connectivity index (χ2n) is 6.52. The Kier molecular flexibility index (Phi) is 7.82. The molecule has 0 saturated carbocycles. The van der Waals surface area contributed by atoms with E-state index in [-0.39, 0.29) is 25.0 Å². The largest absolute Gasteiger partial charge is 0.445 e. The normalized spacial score (nSPS) is 11.7. The van der Waals surface area contributed by atoms with Gasteiger partial charge in [-0.25, -0.2) is 10.6 Å². The van der Waals surface area contributed by atoms with E-state index in [0.717, 1.165) is 20.6 Å². The first-order chi connectivity index (χ1) is 12.9. The van der Waals surface area contributed by atoms with Crippen LogP contribution in [0.5, 0.6) is 0 Å². The number of nitrogens with zero attached hydrogens (tertiary/aromatic N) is 1. The first-order valence-corrected chi connectivity index (χ1v) is 9.44. The molecule has 2 aromatic rings.